The minimum atomic E-state index is 0.151. The van der Waals surface area contributed by atoms with Crippen LogP contribution >= 0.6 is 39.0 Å². The van der Waals surface area contributed by atoms with E-state index < -0.39 is 0 Å². The molecular formula is C11H8BrNOS2. The summed E-state index contributed by atoms with van der Waals surface area (Å²) in [6.45, 7) is 0. The highest BCUT2D eigenvalue weighted by Crippen LogP contribution is 2.25. The summed E-state index contributed by atoms with van der Waals surface area (Å²) >= 11 is 6.33. The topological polar surface area (TPSA) is 30.0 Å². The van der Waals surface area contributed by atoms with E-state index in [-0.39, 0.29) is 5.78 Å². The fourth-order valence-electron chi connectivity index (χ4n) is 1.12. The molecule has 2 nitrogen and oxygen atoms in total. The first-order chi connectivity index (χ1) is 7.77. The molecule has 0 unspecified atom stereocenters. The number of nitrogens with zero attached hydrogens (tertiary/aromatic N) is 1. The van der Waals surface area contributed by atoms with Gasteiger partial charge in [-0.15, -0.1) is 11.3 Å². The summed E-state index contributed by atoms with van der Waals surface area (Å²) in [6.07, 6.45) is 1.72. The van der Waals surface area contributed by atoms with Crippen LogP contribution in [0.2, 0.25) is 0 Å². The molecule has 0 spiro atoms. The summed E-state index contributed by atoms with van der Waals surface area (Å²) in [7, 11) is 0. The van der Waals surface area contributed by atoms with Crippen molar-refractivity contribution in [3.63, 3.8) is 0 Å². The number of halogens is 1. The monoisotopic (exact) mass is 313 g/mol. The number of carbonyl (C=O) groups is 1. The Morgan fingerprint density at radius 1 is 1.44 bits per heavy atom. The molecule has 0 aliphatic carbocycles. The van der Waals surface area contributed by atoms with Gasteiger partial charge in [-0.25, -0.2) is 4.98 Å². The quantitative estimate of drug-likeness (QED) is 0.634. The van der Waals surface area contributed by atoms with E-state index in [1.165, 1.54) is 23.1 Å². The molecule has 0 atom stereocenters. The molecule has 0 saturated heterocycles. The molecule has 0 bridgehead atoms. The first-order valence-electron chi connectivity index (χ1n) is 4.57. The summed E-state index contributed by atoms with van der Waals surface area (Å²) < 4.78 is 0.930. The first kappa shape index (κ1) is 11.8. The average molecular weight is 314 g/mol. The largest absolute Gasteiger partial charge is 0.292 e. The van der Waals surface area contributed by atoms with Crippen LogP contribution in [0.1, 0.15) is 9.67 Å². The number of pyridine rings is 1. The average Bonchev–Trinajstić information content (AvgIpc) is 2.81. The molecule has 5 heteroatoms. The van der Waals surface area contributed by atoms with E-state index in [0.717, 1.165) is 14.4 Å². The molecule has 0 fully saturated rings. The summed E-state index contributed by atoms with van der Waals surface area (Å²) in [5, 5.41) is 2.77. The van der Waals surface area contributed by atoms with Crippen LogP contribution in [0.25, 0.3) is 0 Å². The Morgan fingerprint density at radius 3 is 3.00 bits per heavy atom. The van der Waals surface area contributed by atoms with Gasteiger partial charge >= 0.3 is 0 Å². The lowest BCUT2D eigenvalue weighted by molar-refractivity contribution is 0.102. The second kappa shape index (κ2) is 5.61. The van der Waals surface area contributed by atoms with E-state index in [2.05, 4.69) is 20.9 Å². The zero-order valence-corrected chi connectivity index (χ0v) is 11.4. The number of hydrogen-bond acceptors (Lipinski definition) is 4. The molecule has 16 heavy (non-hydrogen) atoms. The molecule has 2 heterocycles. The van der Waals surface area contributed by atoms with Crippen molar-refractivity contribution in [3.05, 3.63) is 45.2 Å². The van der Waals surface area contributed by atoms with Gasteiger partial charge in [0.05, 0.1) is 10.6 Å². The van der Waals surface area contributed by atoms with Gasteiger partial charge in [0.1, 0.15) is 5.03 Å². The third-order valence-electron chi connectivity index (χ3n) is 1.86. The van der Waals surface area contributed by atoms with Gasteiger partial charge in [-0.2, -0.15) is 0 Å². The Hall–Kier alpha value is -0.650. The number of ketones is 1. The second-order valence-corrected chi connectivity index (χ2v) is 5.75. The molecule has 0 saturated carbocycles. The molecule has 0 aliphatic heterocycles. The van der Waals surface area contributed by atoms with E-state index in [1.807, 2.05) is 29.6 Å². The van der Waals surface area contributed by atoms with Crippen molar-refractivity contribution in [3.8, 4) is 0 Å². The predicted octanol–water partition coefficient (Wildman–Crippen LogP) is 3.88. The smallest absolute Gasteiger partial charge is 0.183 e. The standard InChI is InChI=1S/C11H8BrNOS2/c12-8-3-1-5-13-11(8)16-7-9(14)10-4-2-6-15-10/h1-6H,7H2. The van der Waals surface area contributed by atoms with E-state index in [9.17, 15) is 4.79 Å². The van der Waals surface area contributed by atoms with Crippen molar-refractivity contribution >= 4 is 44.8 Å². The molecule has 0 aliphatic rings. The summed E-state index contributed by atoms with van der Waals surface area (Å²) in [5.74, 6) is 0.577. The number of thioether (sulfide) groups is 1. The van der Waals surface area contributed by atoms with Crippen molar-refractivity contribution in [2.24, 2.45) is 0 Å². The van der Waals surface area contributed by atoms with Gasteiger partial charge in [0.25, 0.3) is 0 Å². The van der Waals surface area contributed by atoms with Crippen molar-refractivity contribution in [2.45, 2.75) is 5.03 Å². The molecule has 2 rings (SSSR count). The summed E-state index contributed by atoms with van der Waals surface area (Å²) in [4.78, 5) is 16.7. The minimum Gasteiger partial charge on any atom is -0.292 e. The SMILES string of the molecule is O=C(CSc1ncccc1Br)c1cccs1. The zero-order valence-electron chi connectivity index (χ0n) is 8.22. The predicted molar refractivity (Wildman–Crippen MR) is 71.3 cm³/mol. The number of Topliss-reactive ketones (excluding diaryl/α,β-unsaturated/α-hetero) is 1. The van der Waals surface area contributed by atoms with Gasteiger partial charge in [-0.3, -0.25) is 4.79 Å². The van der Waals surface area contributed by atoms with Crippen LogP contribution in [0, 0.1) is 0 Å². The van der Waals surface area contributed by atoms with Crippen LogP contribution in [0.3, 0.4) is 0 Å². The normalized spacial score (nSPS) is 10.3. The van der Waals surface area contributed by atoms with Gasteiger partial charge in [-0.05, 0) is 39.5 Å². The Morgan fingerprint density at radius 2 is 2.31 bits per heavy atom. The molecule has 2 aromatic rings. The summed E-state index contributed by atoms with van der Waals surface area (Å²) in [5.41, 5.74) is 0. The van der Waals surface area contributed by atoms with Crippen LogP contribution in [0.5, 0.6) is 0 Å². The molecule has 0 aromatic carbocycles. The fourth-order valence-corrected chi connectivity index (χ4v) is 3.24. The van der Waals surface area contributed by atoms with E-state index in [4.69, 9.17) is 0 Å². The Balaban J connectivity index is 1.98. The van der Waals surface area contributed by atoms with Crippen LogP contribution in [0.15, 0.2) is 45.3 Å². The van der Waals surface area contributed by atoms with Gasteiger partial charge in [0.15, 0.2) is 5.78 Å². The lowest BCUT2D eigenvalue weighted by Gasteiger charge is -2.01. The zero-order chi connectivity index (χ0) is 11.4. The Kier molecular flexibility index (Phi) is 4.15. The number of carbonyl (C=O) groups excluding carboxylic acids is 1. The van der Waals surface area contributed by atoms with Crippen LogP contribution in [0.4, 0.5) is 0 Å². The highest BCUT2D eigenvalue weighted by Gasteiger charge is 2.09. The molecule has 2 aromatic heterocycles. The van der Waals surface area contributed by atoms with Gasteiger partial charge in [0.2, 0.25) is 0 Å². The van der Waals surface area contributed by atoms with Gasteiger partial charge in [0, 0.05) is 10.7 Å². The maximum absolute atomic E-state index is 11.7. The Labute approximate surface area is 110 Å². The van der Waals surface area contributed by atoms with Crippen LogP contribution < -0.4 is 0 Å². The maximum atomic E-state index is 11.7. The van der Waals surface area contributed by atoms with Crippen LogP contribution in [-0.2, 0) is 0 Å². The highest BCUT2D eigenvalue weighted by molar-refractivity contribution is 9.10. The van der Waals surface area contributed by atoms with Gasteiger partial charge in [-0.1, -0.05) is 17.8 Å². The lowest BCUT2D eigenvalue weighted by atomic mass is 10.4. The van der Waals surface area contributed by atoms with E-state index in [1.54, 1.807) is 6.20 Å². The number of aromatic nitrogens is 1. The Bertz CT molecular complexity index is 484. The second-order valence-electron chi connectivity index (χ2n) is 2.98. The third kappa shape index (κ3) is 2.93. The van der Waals surface area contributed by atoms with E-state index in [0.29, 0.717) is 5.75 Å². The lowest BCUT2D eigenvalue weighted by Crippen LogP contribution is -1.99. The van der Waals surface area contributed by atoms with Crippen molar-refractivity contribution in [1.29, 1.82) is 0 Å². The van der Waals surface area contributed by atoms with Gasteiger partial charge < -0.3 is 0 Å². The molecule has 0 amide bonds. The van der Waals surface area contributed by atoms with Crippen molar-refractivity contribution in [1.82, 2.24) is 4.98 Å². The number of rotatable bonds is 4. The first-order valence-corrected chi connectivity index (χ1v) is 7.23. The fraction of sp³-hybridized carbons (Fsp3) is 0.0909. The summed E-state index contributed by atoms with van der Waals surface area (Å²) in [6, 6.07) is 7.51. The van der Waals surface area contributed by atoms with Crippen LogP contribution in [-0.4, -0.2) is 16.5 Å². The number of thiophene rings is 1. The molecule has 82 valence electrons. The van der Waals surface area contributed by atoms with E-state index >= 15 is 0 Å². The minimum absolute atomic E-state index is 0.151. The maximum Gasteiger partial charge on any atom is 0.183 e. The molecular weight excluding hydrogens is 306 g/mol. The van der Waals surface area contributed by atoms with Crippen molar-refractivity contribution < 1.29 is 4.79 Å². The molecule has 0 radical (unpaired) electrons. The molecule has 0 N–H and O–H groups in total. The number of hydrogen-bond donors (Lipinski definition) is 0. The third-order valence-corrected chi connectivity index (χ3v) is 4.68. The van der Waals surface area contributed by atoms with Crippen molar-refractivity contribution in [2.75, 3.05) is 5.75 Å². The highest BCUT2D eigenvalue weighted by atomic mass is 79.9.